The van der Waals surface area contributed by atoms with E-state index in [1.807, 2.05) is 12.2 Å². The summed E-state index contributed by atoms with van der Waals surface area (Å²) in [6, 6.07) is 0. The largest absolute Gasteiger partial charge is 0.299 e. The normalized spacial score (nSPS) is 20.0. The lowest BCUT2D eigenvalue weighted by Gasteiger charge is -2.11. The first kappa shape index (κ1) is 8.91. The minimum atomic E-state index is 0.531. The molecule has 0 aromatic heterocycles. The molecule has 0 atom stereocenters. The Labute approximate surface area is 73.2 Å². The summed E-state index contributed by atoms with van der Waals surface area (Å²) in [6.45, 7) is 2.13. The minimum absolute atomic E-state index is 0.531. The molecule has 2 nitrogen and oxygen atoms in total. The molecule has 64 valence electrons. The van der Waals surface area contributed by atoms with E-state index in [4.69, 9.17) is 5.41 Å². The van der Waals surface area contributed by atoms with Crippen LogP contribution in [0.1, 0.15) is 19.8 Å². The van der Waals surface area contributed by atoms with Crippen molar-refractivity contribution in [3.63, 3.8) is 0 Å². The number of nitrogens with zero attached hydrogens (tertiary/aromatic N) is 1. The van der Waals surface area contributed by atoms with Gasteiger partial charge in [-0.25, -0.2) is 0 Å². The van der Waals surface area contributed by atoms with Crippen molar-refractivity contribution >= 4 is 11.4 Å². The predicted octanol–water partition coefficient (Wildman–Crippen LogP) is 2.37. The van der Waals surface area contributed by atoms with Gasteiger partial charge in [0.15, 0.2) is 0 Å². The van der Waals surface area contributed by atoms with Gasteiger partial charge in [-0.05, 0) is 18.1 Å². The molecule has 0 fully saturated rings. The molecule has 1 rings (SSSR count). The molecule has 1 N–H and O–H groups in total. The molecule has 2 heteroatoms. The van der Waals surface area contributed by atoms with Gasteiger partial charge in [0.2, 0.25) is 0 Å². The van der Waals surface area contributed by atoms with Crippen LogP contribution in [0.4, 0.5) is 0 Å². The average molecular weight is 162 g/mol. The fourth-order valence-corrected chi connectivity index (χ4v) is 1.33. The van der Waals surface area contributed by atoms with E-state index in [0.717, 1.165) is 18.6 Å². The average Bonchev–Trinajstić information content (AvgIpc) is 2.05. The molecular formula is C10H14N2. The van der Waals surface area contributed by atoms with Crippen molar-refractivity contribution in [1.82, 2.24) is 0 Å². The number of hydrogen-bond acceptors (Lipinski definition) is 2. The lowest BCUT2D eigenvalue weighted by atomic mass is 9.97. The van der Waals surface area contributed by atoms with Crippen molar-refractivity contribution in [2.45, 2.75) is 19.8 Å². The summed E-state index contributed by atoms with van der Waals surface area (Å²) in [5.74, 6) is 0. The van der Waals surface area contributed by atoms with Crippen LogP contribution in [-0.2, 0) is 0 Å². The maximum absolute atomic E-state index is 7.60. The molecule has 0 bridgehead atoms. The van der Waals surface area contributed by atoms with Crippen LogP contribution in [0.25, 0.3) is 0 Å². The fourth-order valence-electron chi connectivity index (χ4n) is 1.33. The van der Waals surface area contributed by atoms with Crippen molar-refractivity contribution in [1.29, 1.82) is 5.41 Å². The van der Waals surface area contributed by atoms with E-state index in [9.17, 15) is 0 Å². The van der Waals surface area contributed by atoms with Crippen molar-refractivity contribution in [2.75, 3.05) is 7.05 Å². The van der Waals surface area contributed by atoms with Crippen molar-refractivity contribution < 1.29 is 0 Å². The molecule has 0 saturated carbocycles. The van der Waals surface area contributed by atoms with Crippen LogP contribution < -0.4 is 0 Å². The topological polar surface area (TPSA) is 36.2 Å². The predicted molar refractivity (Wildman–Crippen MR) is 53.2 cm³/mol. The highest BCUT2D eigenvalue weighted by atomic mass is 14.7. The molecule has 12 heavy (non-hydrogen) atoms. The summed E-state index contributed by atoms with van der Waals surface area (Å²) < 4.78 is 0. The van der Waals surface area contributed by atoms with E-state index < -0.39 is 0 Å². The maximum Gasteiger partial charge on any atom is 0.0852 e. The third-order valence-electron chi connectivity index (χ3n) is 1.86. The van der Waals surface area contributed by atoms with Crippen LogP contribution in [0.2, 0.25) is 0 Å². The van der Waals surface area contributed by atoms with E-state index in [0.29, 0.717) is 5.71 Å². The number of aliphatic imine (C=N–C) groups is 1. The third-order valence-corrected chi connectivity index (χ3v) is 1.86. The zero-order valence-corrected chi connectivity index (χ0v) is 7.59. The first-order valence-electron chi connectivity index (χ1n) is 4.23. The molecule has 0 aromatic carbocycles. The second-order valence-electron chi connectivity index (χ2n) is 2.79. The second-order valence-corrected chi connectivity index (χ2v) is 2.79. The Morgan fingerprint density at radius 2 is 2.25 bits per heavy atom. The van der Waals surface area contributed by atoms with E-state index in [-0.39, 0.29) is 0 Å². The van der Waals surface area contributed by atoms with E-state index in [2.05, 4.69) is 11.9 Å². The van der Waals surface area contributed by atoms with Gasteiger partial charge in [-0.15, -0.1) is 0 Å². The van der Waals surface area contributed by atoms with Gasteiger partial charge in [0.25, 0.3) is 0 Å². The second kappa shape index (κ2) is 4.00. The summed E-state index contributed by atoms with van der Waals surface area (Å²) in [6.07, 6.45) is 7.86. The Balaban J connectivity index is 2.89. The maximum atomic E-state index is 7.60. The number of hydrogen-bond donors (Lipinski definition) is 1. The smallest absolute Gasteiger partial charge is 0.0852 e. The summed E-state index contributed by atoms with van der Waals surface area (Å²) >= 11 is 0. The molecule has 0 unspecified atom stereocenters. The highest BCUT2D eigenvalue weighted by Gasteiger charge is 2.11. The summed E-state index contributed by atoms with van der Waals surface area (Å²) in [5, 5.41) is 7.60. The summed E-state index contributed by atoms with van der Waals surface area (Å²) in [5.41, 5.74) is 2.57. The Hall–Kier alpha value is -1.18. The van der Waals surface area contributed by atoms with Gasteiger partial charge in [-0.2, -0.15) is 0 Å². The molecule has 0 aliphatic heterocycles. The van der Waals surface area contributed by atoms with Crippen molar-refractivity contribution in [3.05, 3.63) is 23.8 Å². The summed E-state index contributed by atoms with van der Waals surface area (Å²) in [7, 11) is 1.74. The molecule has 0 heterocycles. The van der Waals surface area contributed by atoms with Gasteiger partial charge in [-0.1, -0.05) is 25.5 Å². The van der Waals surface area contributed by atoms with Crippen molar-refractivity contribution in [3.8, 4) is 0 Å². The Morgan fingerprint density at radius 1 is 1.50 bits per heavy atom. The number of rotatable bonds is 2. The van der Waals surface area contributed by atoms with Gasteiger partial charge in [0.1, 0.15) is 0 Å². The fraction of sp³-hybridized carbons (Fsp3) is 0.400. The summed E-state index contributed by atoms with van der Waals surface area (Å²) in [4.78, 5) is 4.10. The lowest BCUT2D eigenvalue weighted by molar-refractivity contribution is 0.936. The van der Waals surface area contributed by atoms with Gasteiger partial charge >= 0.3 is 0 Å². The molecule has 0 aromatic rings. The minimum Gasteiger partial charge on any atom is -0.299 e. The van der Waals surface area contributed by atoms with E-state index in [1.165, 1.54) is 5.57 Å². The Morgan fingerprint density at radius 3 is 2.83 bits per heavy atom. The lowest BCUT2D eigenvalue weighted by Crippen LogP contribution is -2.16. The molecule has 0 saturated heterocycles. The third kappa shape index (κ3) is 1.70. The standard InChI is InChI=1S/C10H14N2/c1-3-5-8-6-4-7-9(11)10(8)12-2/h4,6-7,11H,3,5H2,1-2H3. The highest BCUT2D eigenvalue weighted by Crippen LogP contribution is 2.12. The van der Waals surface area contributed by atoms with Gasteiger partial charge in [-0.3, -0.25) is 10.4 Å². The van der Waals surface area contributed by atoms with Crippen LogP contribution in [0.15, 0.2) is 28.8 Å². The van der Waals surface area contributed by atoms with Crippen LogP contribution in [0.3, 0.4) is 0 Å². The van der Waals surface area contributed by atoms with Crippen LogP contribution >= 0.6 is 0 Å². The zero-order chi connectivity index (χ0) is 8.97. The van der Waals surface area contributed by atoms with E-state index >= 15 is 0 Å². The van der Waals surface area contributed by atoms with Crippen LogP contribution in [0.5, 0.6) is 0 Å². The molecule has 1 aliphatic rings. The van der Waals surface area contributed by atoms with Crippen molar-refractivity contribution in [2.24, 2.45) is 4.99 Å². The SMILES string of the molecule is CCCC1=CC=CC(=N)C1=NC. The highest BCUT2D eigenvalue weighted by molar-refractivity contribution is 6.51. The van der Waals surface area contributed by atoms with Gasteiger partial charge in [0, 0.05) is 7.05 Å². The van der Waals surface area contributed by atoms with Gasteiger partial charge in [0.05, 0.1) is 11.4 Å². The Bertz CT molecular complexity index is 270. The monoisotopic (exact) mass is 162 g/mol. The van der Waals surface area contributed by atoms with Crippen LogP contribution in [-0.4, -0.2) is 18.5 Å². The zero-order valence-electron chi connectivity index (χ0n) is 7.59. The molecule has 1 aliphatic carbocycles. The quantitative estimate of drug-likeness (QED) is 0.605. The number of nitrogens with one attached hydrogen (secondary N) is 1. The first-order valence-corrected chi connectivity index (χ1v) is 4.23. The first-order chi connectivity index (χ1) is 5.79. The van der Waals surface area contributed by atoms with E-state index in [1.54, 1.807) is 13.1 Å². The van der Waals surface area contributed by atoms with Gasteiger partial charge < -0.3 is 0 Å². The molecule has 0 amide bonds. The molecule has 0 radical (unpaired) electrons. The Kier molecular flexibility index (Phi) is 2.97. The molecule has 0 spiro atoms. The molecular weight excluding hydrogens is 148 g/mol. The number of allylic oxidation sites excluding steroid dienone is 4. The van der Waals surface area contributed by atoms with Crippen LogP contribution in [0, 0.1) is 5.41 Å².